The van der Waals surface area contributed by atoms with Crippen LogP contribution in [0.4, 0.5) is 0 Å². The average Bonchev–Trinajstić information content (AvgIpc) is 3.22. The molecule has 0 aliphatic rings. The summed E-state index contributed by atoms with van der Waals surface area (Å²) < 4.78 is 17.5. The molecule has 3 aromatic rings. The van der Waals surface area contributed by atoms with Crippen molar-refractivity contribution < 1.29 is 19.0 Å². The van der Waals surface area contributed by atoms with Crippen LogP contribution in [0.15, 0.2) is 41.0 Å². The summed E-state index contributed by atoms with van der Waals surface area (Å²) in [6.45, 7) is -0.233. The largest absolute Gasteiger partial charge is 0.493 e. The van der Waals surface area contributed by atoms with Gasteiger partial charge in [0.1, 0.15) is 11.4 Å². The van der Waals surface area contributed by atoms with Crippen LogP contribution < -0.4 is 9.47 Å². The summed E-state index contributed by atoms with van der Waals surface area (Å²) in [6, 6.07) is 8.93. The van der Waals surface area contributed by atoms with Gasteiger partial charge >= 0.3 is 0 Å². The van der Waals surface area contributed by atoms with E-state index in [-0.39, 0.29) is 6.61 Å². The van der Waals surface area contributed by atoms with Crippen LogP contribution >= 0.6 is 0 Å². The highest BCUT2D eigenvalue weighted by molar-refractivity contribution is 5.60. The molecule has 7 nitrogen and oxygen atoms in total. The van der Waals surface area contributed by atoms with E-state index in [1.54, 1.807) is 49.4 Å². The second-order valence-corrected chi connectivity index (χ2v) is 4.47. The highest BCUT2D eigenvalue weighted by atomic mass is 16.5. The van der Waals surface area contributed by atoms with Crippen molar-refractivity contribution in [1.82, 2.24) is 15.0 Å². The number of ether oxygens (including phenoxy) is 2. The number of hydrogen-bond acceptors (Lipinski definition) is 6. The van der Waals surface area contributed by atoms with E-state index in [1.807, 2.05) is 6.07 Å². The number of aromatic nitrogens is 3. The number of methoxy groups -OCH3 is 2. The van der Waals surface area contributed by atoms with E-state index in [1.165, 1.54) is 0 Å². The summed E-state index contributed by atoms with van der Waals surface area (Å²) in [5, 5.41) is 17.5. The number of rotatable bonds is 5. The van der Waals surface area contributed by atoms with Gasteiger partial charge in [-0.25, -0.2) is 4.68 Å². The lowest BCUT2D eigenvalue weighted by molar-refractivity contribution is 0.277. The van der Waals surface area contributed by atoms with E-state index in [4.69, 9.17) is 13.9 Å². The highest BCUT2D eigenvalue weighted by Crippen LogP contribution is 2.31. The van der Waals surface area contributed by atoms with Crippen molar-refractivity contribution in [3.63, 3.8) is 0 Å². The standard InChI is InChI=1S/C15H15N3O4/c1-20-12-6-5-10(8-14(12)21-2)18-15(11(9-19)16-17-18)13-4-3-7-22-13/h3-8,19H,9H2,1-2H3. The summed E-state index contributed by atoms with van der Waals surface area (Å²) in [5.74, 6) is 1.77. The van der Waals surface area contributed by atoms with Crippen LogP contribution in [0, 0.1) is 0 Å². The van der Waals surface area contributed by atoms with Crippen LogP contribution in [0.1, 0.15) is 5.69 Å². The molecule has 2 heterocycles. The molecule has 0 bridgehead atoms. The molecule has 22 heavy (non-hydrogen) atoms. The molecule has 7 heteroatoms. The average molecular weight is 301 g/mol. The van der Waals surface area contributed by atoms with Gasteiger partial charge in [0.25, 0.3) is 0 Å². The third kappa shape index (κ3) is 2.31. The highest BCUT2D eigenvalue weighted by Gasteiger charge is 2.19. The van der Waals surface area contributed by atoms with Crippen LogP contribution in [0.25, 0.3) is 17.1 Å². The predicted molar refractivity (Wildman–Crippen MR) is 78.1 cm³/mol. The fourth-order valence-electron chi connectivity index (χ4n) is 2.22. The second-order valence-electron chi connectivity index (χ2n) is 4.47. The Kier molecular flexibility index (Phi) is 3.80. The van der Waals surface area contributed by atoms with Crippen LogP contribution in [0.3, 0.4) is 0 Å². The number of benzene rings is 1. The van der Waals surface area contributed by atoms with Crippen LogP contribution in [0.2, 0.25) is 0 Å². The van der Waals surface area contributed by atoms with Gasteiger partial charge < -0.3 is 19.0 Å². The van der Waals surface area contributed by atoms with Gasteiger partial charge in [0, 0.05) is 6.07 Å². The summed E-state index contributed by atoms with van der Waals surface area (Å²) in [4.78, 5) is 0. The Morgan fingerprint density at radius 2 is 2.00 bits per heavy atom. The zero-order valence-corrected chi connectivity index (χ0v) is 12.2. The molecule has 1 aromatic carbocycles. The van der Waals surface area contributed by atoms with E-state index >= 15 is 0 Å². The molecule has 3 rings (SSSR count). The van der Waals surface area contributed by atoms with Gasteiger partial charge in [0.2, 0.25) is 0 Å². The normalized spacial score (nSPS) is 10.7. The summed E-state index contributed by atoms with van der Waals surface area (Å²) in [6.07, 6.45) is 1.56. The molecule has 2 aromatic heterocycles. The minimum atomic E-state index is -0.233. The Bertz CT molecular complexity index is 765. The molecule has 0 spiro atoms. The minimum Gasteiger partial charge on any atom is -0.493 e. The first-order valence-electron chi connectivity index (χ1n) is 6.60. The monoisotopic (exact) mass is 301 g/mol. The first-order chi connectivity index (χ1) is 10.8. The van der Waals surface area contributed by atoms with Gasteiger partial charge in [-0.1, -0.05) is 5.21 Å². The van der Waals surface area contributed by atoms with Gasteiger partial charge in [-0.05, 0) is 24.3 Å². The molecule has 0 fully saturated rings. The molecule has 0 saturated heterocycles. The molecule has 0 atom stereocenters. The molecule has 0 amide bonds. The number of hydrogen-bond donors (Lipinski definition) is 1. The van der Waals surface area contributed by atoms with Crippen LogP contribution in [-0.2, 0) is 6.61 Å². The maximum atomic E-state index is 9.46. The van der Waals surface area contributed by atoms with Crippen molar-refractivity contribution in [2.45, 2.75) is 6.61 Å². The number of furan rings is 1. The summed E-state index contributed by atoms with van der Waals surface area (Å²) in [7, 11) is 3.14. The van der Waals surface area contributed by atoms with Crippen molar-refractivity contribution >= 4 is 0 Å². The van der Waals surface area contributed by atoms with Crippen molar-refractivity contribution in [3.8, 4) is 28.6 Å². The number of aliphatic hydroxyl groups is 1. The summed E-state index contributed by atoms with van der Waals surface area (Å²) in [5.41, 5.74) is 1.75. The topological polar surface area (TPSA) is 82.5 Å². The Labute approximate surface area is 126 Å². The van der Waals surface area contributed by atoms with Crippen molar-refractivity contribution in [2.75, 3.05) is 14.2 Å². The van der Waals surface area contributed by atoms with Gasteiger partial charge in [-0.15, -0.1) is 5.10 Å². The Hall–Kier alpha value is -2.80. The van der Waals surface area contributed by atoms with Crippen molar-refractivity contribution in [2.24, 2.45) is 0 Å². The molecule has 1 N–H and O–H groups in total. The Morgan fingerprint density at radius 1 is 1.18 bits per heavy atom. The Balaban J connectivity index is 2.15. The molecule has 0 saturated carbocycles. The van der Waals surface area contributed by atoms with Crippen molar-refractivity contribution in [1.29, 1.82) is 0 Å². The molecular formula is C15H15N3O4. The molecule has 0 radical (unpaired) electrons. The molecule has 0 aliphatic heterocycles. The van der Waals surface area contributed by atoms with Crippen molar-refractivity contribution in [3.05, 3.63) is 42.3 Å². The van der Waals surface area contributed by atoms with Crippen LogP contribution in [0.5, 0.6) is 11.5 Å². The second kappa shape index (κ2) is 5.90. The van der Waals surface area contributed by atoms with E-state index < -0.39 is 0 Å². The first-order valence-corrected chi connectivity index (χ1v) is 6.60. The number of aliphatic hydroxyl groups excluding tert-OH is 1. The smallest absolute Gasteiger partial charge is 0.162 e. The molecular weight excluding hydrogens is 286 g/mol. The predicted octanol–water partition coefficient (Wildman–Crippen LogP) is 2.04. The van der Waals surface area contributed by atoms with Gasteiger partial charge in [0.15, 0.2) is 17.3 Å². The minimum absolute atomic E-state index is 0.233. The molecule has 114 valence electrons. The third-order valence-electron chi connectivity index (χ3n) is 3.26. The van der Waals surface area contributed by atoms with Crippen LogP contribution in [-0.4, -0.2) is 34.3 Å². The maximum Gasteiger partial charge on any atom is 0.162 e. The zero-order chi connectivity index (χ0) is 15.5. The molecule has 0 unspecified atom stereocenters. The molecule has 0 aliphatic carbocycles. The number of nitrogens with zero attached hydrogens (tertiary/aromatic N) is 3. The lowest BCUT2D eigenvalue weighted by atomic mass is 10.2. The Morgan fingerprint density at radius 3 is 2.64 bits per heavy atom. The van der Waals surface area contributed by atoms with E-state index in [0.717, 1.165) is 5.69 Å². The summed E-state index contributed by atoms with van der Waals surface area (Å²) >= 11 is 0. The lowest BCUT2D eigenvalue weighted by Gasteiger charge is -2.10. The van der Waals surface area contributed by atoms with Gasteiger partial charge in [-0.3, -0.25) is 0 Å². The lowest BCUT2D eigenvalue weighted by Crippen LogP contribution is -2.01. The van der Waals surface area contributed by atoms with E-state index in [2.05, 4.69) is 10.3 Å². The third-order valence-corrected chi connectivity index (χ3v) is 3.26. The van der Waals surface area contributed by atoms with Gasteiger partial charge in [0.05, 0.1) is 32.8 Å². The zero-order valence-electron chi connectivity index (χ0n) is 12.2. The maximum absolute atomic E-state index is 9.46. The van der Waals surface area contributed by atoms with E-state index in [0.29, 0.717) is 28.6 Å². The first kappa shape index (κ1) is 14.2. The SMILES string of the molecule is COc1ccc(-n2nnc(CO)c2-c2ccco2)cc1OC. The fourth-order valence-corrected chi connectivity index (χ4v) is 2.22. The van der Waals surface area contributed by atoms with E-state index in [9.17, 15) is 5.11 Å². The quantitative estimate of drug-likeness (QED) is 0.776. The van der Waals surface area contributed by atoms with Gasteiger partial charge in [-0.2, -0.15) is 0 Å². The fraction of sp³-hybridized carbons (Fsp3) is 0.200.